The summed E-state index contributed by atoms with van der Waals surface area (Å²) in [6, 6.07) is 13.3. The molecule has 0 aliphatic heterocycles. The molecule has 0 radical (unpaired) electrons. The van der Waals surface area contributed by atoms with Gasteiger partial charge in [-0.25, -0.2) is 4.98 Å². The number of hydrogen-bond acceptors (Lipinski definition) is 4. The van der Waals surface area contributed by atoms with Crippen LogP contribution in [0, 0.1) is 0 Å². The van der Waals surface area contributed by atoms with Crippen molar-refractivity contribution >= 4 is 40.1 Å². The molecule has 0 fully saturated rings. The van der Waals surface area contributed by atoms with Crippen molar-refractivity contribution in [2.75, 3.05) is 5.32 Å². The molecule has 3 rings (SSSR count). The molecule has 0 atom stereocenters. The molecule has 2 aromatic carbocycles. The van der Waals surface area contributed by atoms with Gasteiger partial charge in [-0.2, -0.15) is 8.78 Å². The lowest BCUT2D eigenvalue weighted by atomic mass is 10.2. The van der Waals surface area contributed by atoms with Crippen LogP contribution in [0.3, 0.4) is 0 Å². The van der Waals surface area contributed by atoms with Crippen molar-refractivity contribution in [2.45, 2.75) is 6.61 Å². The number of halogens is 3. The van der Waals surface area contributed by atoms with Crippen LogP contribution in [0.2, 0.25) is 5.02 Å². The molecule has 0 aliphatic rings. The molecule has 8 heteroatoms. The predicted octanol–water partition coefficient (Wildman–Crippen LogP) is 5.72. The lowest BCUT2D eigenvalue weighted by Gasteiger charge is -2.03. The zero-order valence-electron chi connectivity index (χ0n) is 13.7. The lowest BCUT2D eigenvalue weighted by Crippen LogP contribution is -2.07. The zero-order valence-corrected chi connectivity index (χ0v) is 15.3. The molecule has 4 nitrogen and oxygen atoms in total. The molecule has 0 spiro atoms. The van der Waals surface area contributed by atoms with Crippen LogP contribution in [0.1, 0.15) is 5.56 Å². The van der Waals surface area contributed by atoms with Crippen LogP contribution in [0.5, 0.6) is 5.75 Å². The summed E-state index contributed by atoms with van der Waals surface area (Å²) in [7, 11) is 0. The molecule has 0 unspecified atom stereocenters. The standard InChI is InChI=1S/C19H13ClF2N2O2S/c20-15-4-2-1-3-14(15)16-11-27-19(23-16)24-17(25)10-7-12-5-8-13(9-6-12)26-18(21)22/h1-11,18H,(H,23,24,25). The number of amides is 1. The molecule has 0 saturated carbocycles. The van der Waals surface area contributed by atoms with Crippen molar-refractivity contribution < 1.29 is 18.3 Å². The second-order valence-corrected chi connectivity index (χ2v) is 6.55. The highest BCUT2D eigenvalue weighted by Crippen LogP contribution is 2.30. The highest BCUT2D eigenvalue weighted by atomic mass is 35.5. The van der Waals surface area contributed by atoms with Crippen molar-refractivity contribution in [3.63, 3.8) is 0 Å². The Morgan fingerprint density at radius 1 is 1.19 bits per heavy atom. The van der Waals surface area contributed by atoms with Gasteiger partial charge in [0.2, 0.25) is 5.91 Å². The second-order valence-electron chi connectivity index (χ2n) is 5.29. The summed E-state index contributed by atoms with van der Waals surface area (Å²) in [5.41, 5.74) is 2.14. The Hall–Kier alpha value is -2.77. The monoisotopic (exact) mass is 406 g/mol. The van der Waals surface area contributed by atoms with Gasteiger partial charge < -0.3 is 4.74 Å². The predicted molar refractivity (Wildman–Crippen MR) is 103 cm³/mol. The van der Waals surface area contributed by atoms with Gasteiger partial charge in [-0.05, 0) is 29.8 Å². The van der Waals surface area contributed by atoms with Gasteiger partial charge >= 0.3 is 6.61 Å². The number of thiazole rings is 1. The number of anilines is 1. The fraction of sp³-hybridized carbons (Fsp3) is 0.0526. The SMILES string of the molecule is O=C(C=Cc1ccc(OC(F)F)cc1)Nc1nc(-c2ccccc2Cl)cs1. The van der Waals surface area contributed by atoms with Crippen LogP contribution < -0.4 is 10.1 Å². The largest absolute Gasteiger partial charge is 0.435 e. The van der Waals surface area contributed by atoms with E-state index in [0.717, 1.165) is 5.56 Å². The van der Waals surface area contributed by atoms with Crippen molar-refractivity contribution in [1.29, 1.82) is 0 Å². The van der Waals surface area contributed by atoms with E-state index in [1.54, 1.807) is 24.3 Å². The van der Waals surface area contributed by atoms with Crippen molar-refractivity contribution in [1.82, 2.24) is 4.98 Å². The summed E-state index contributed by atoms with van der Waals surface area (Å²) in [5, 5.41) is 5.51. The van der Waals surface area contributed by atoms with Crippen LogP contribution in [0.4, 0.5) is 13.9 Å². The molecule has 1 aromatic heterocycles. The average molecular weight is 407 g/mol. The highest BCUT2D eigenvalue weighted by molar-refractivity contribution is 7.14. The first-order valence-corrected chi connectivity index (χ1v) is 9.01. The third-order valence-electron chi connectivity index (χ3n) is 3.42. The minimum absolute atomic E-state index is 0.0569. The lowest BCUT2D eigenvalue weighted by molar-refractivity contribution is -0.111. The van der Waals surface area contributed by atoms with Gasteiger partial charge in [-0.1, -0.05) is 41.9 Å². The minimum atomic E-state index is -2.87. The van der Waals surface area contributed by atoms with E-state index in [1.165, 1.54) is 29.5 Å². The number of alkyl halides is 2. The second kappa shape index (κ2) is 8.75. The first-order valence-electron chi connectivity index (χ1n) is 7.75. The normalized spacial score (nSPS) is 11.1. The molecule has 0 saturated heterocycles. The first-order chi connectivity index (χ1) is 13.0. The molecule has 3 aromatic rings. The highest BCUT2D eigenvalue weighted by Gasteiger charge is 2.09. The van der Waals surface area contributed by atoms with E-state index < -0.39 is 6.61 Å². The van der Waals surface area contributed by atoms with Crippen molar-refractivity contribution in [2.24, 2.45) is 0 Å². The fourth-order valence-electron chi connectivity index (χ4n) is 2.20. The molecular weight excluding hydrogens is 394 g/mol. The summed E-state index contributed by atoms with van der Waals surface area (Å²) in [6.07, 6.45) is 2.89. The molecule has 1 N–H and O–H groups in total. The molecule has 138 valence electrons. The maximum absolute atomic E-state index is 12.1. The Kier molecular flexibility index (Phi) is 6.16. The van der Waals surface area contributed by atoms with E-state index in [0.29, 0.717) is 21.4 Å². The summed E-state index contributed by atoms with van der Waals surface area (Å²) in [4.78, 5) is 16.4. The number of ether oxygens (including phenoxy) is 1. The van der Waals surface area contributed by atoms with Gasteiger partial charge in [-0.15, -0.1) is 11.3 Å². The van der Waals surface area contributed by atoms with Gasteiger partial charge in [-0.3, -0.25) is 10.1 Å². The van der Waals surface area contributed by atoms with Crippen molar-refractivity contribution in [3.05, 3.63) is 70.6 Å². The Morgan fingerprint density at radius 3 is 2.63 bits per heavy atom. The van der Waals surface area contributed by atoms with E-state index in [2.05, 4.69) is 15.0 Å². The van der Waals surface area contributed by atoms with E-state index in [4.69, 9.17) is 11.6 Å². The van der Waals surface area contributed by atoms with Gasteiger partial charge in [0, 0.05) is 22.0 Å². The zero-order chi connectivity index (χ0) is 19.2. The van der Waals surface area contributed by atoms with Crippen LogP contribution in [0.15, 0.2) is 60.0 Å². The Bertz CT molecular complexity index is 958. The van der Waals surface area contributed by atoms with Crippen LogP contribution in [-0.4, -0.2) is 17.5 Å². The Labute approximate surface area is 163 Å². The van der Waals surface area contributed by atoms with Crippen LogP contribution in [-0.2, 0) is 4.79 Å². The van der Waals surface area contributed by atoms with Crippen molar-refractivity contribution in [3.8, 4) is 17.0 Å². The number of carbonyl (C=O) groups is 1. The smallest absolute Gasteiger partial charge is 0.387 e. The van der Waals surface area contributed by atoms with Gasteiger partial charge in [0.1, 0.15) is 5.75 Å². The summed E-state index contributed by atoms with van der Waals surface area (Å²) >= 11 is 7.43. The minimum Gasteiger partial charge on any atom is -0.435 e. The summed E-state index contributed by atoms with van der Waals surface area (Å²) in [5.74, 6) is -0.301. The van der Waals surface area contributed by atoms with Gasteiger partial charge in [0.15, 0.2) is 5.13 Å². The first kappa shape index (κ1) is 19.0. The van der Waals surface area contributed by atoms with Crippen LogP contribution in [0.25, 0.3) is 17.3 Å². The van der Waals surface area contributed by atoms with E-state index in [9.17, 15) is 13.6 Å². The number of carbonyl (C=O) groups excluding carboxylic acids is 1. The topological polar surface area (TPSA) is 51.2 Å². The van der Waals surface area contributed by atoms with Gasteiger partial charge in [0.05, 0.1) is 5.69 Å². The van der Waals surface area contributed by atoms with E-state index >= 15 is 0 Å². The molecule has 1 heterocycles. The maximum Gasteiger partial charge on any atom is 0.387 e. The third kappa shape index (κ3) is 5.35. The molecule has 0 bridgehead atoms. The quantitative estimate of drug-likeness (QED) is 0.533. The number of nitrogens with zero attached hydrogens (tertiary/aromatic N) is 1. The number of aromatic nitrogens is 1. The van der Waals surface area contributed by atoms with E-state index in [1.807, 2.05) is 23.6 Å². The van der Waals surface area contributed by atoms with Gasteiger partial charge in [0.25, 0.3) is 0 Å². The Morgan fingerprint density at radius 2 is 1.93 bits per heavy atom. The fourth-order valence-corrected chi connectivity index (χ4v) is 3.15. The third-order valence-corrected chi connectivity index (χ3v) is 4.50. The summed E-state index contributed by atoms with van der Waals surface area (Å²) < 4.78 is 28.5. The molecule has 27 heavy (non-hydrogen) atoms. The number of benzene rings is 2. The molecular formula is C19H13ClF2N2O2S. The number of hydrogen-bond donors (Lipinski definition) is 1. The average Bonchev–Trinajstić information content (AvgIpc) is 3.09. The van der Waals surface area contributed by atoms with E-state index in [-0.39, 0.29) is 11.7 Å². The molecule has 0 aliphatic carbocycles. The van der Waals surface area contributed by atoms with Crippen LogP contribution >= 0.6 is 22.9 Å². The molecule has 1 amide bonds. The maximum atomic E-state index is 12.1. The Balaban J connectivity index is 1.61. The number of nitrogens with one attached hydrogen (secondary N) is 1. The number of rotatable bonds is 6. The summed E-state index contributed by atoms with van der Waals surface area (Å²) in [6.45, 7) is -2.87.